The van der Waals surface area contributed by atoms with Crippen LogP contribution in [0.3, 0.4) is 0 Å². The molecule has 14 heavy (non-hydrogen) atoms. The molecule has 0 amide bonds. The molecule has 1 unspecified atom stereocenters. The third kappa shape index (κ3) is 3.17. The molecule has 1 N–H and O–H groups in total. The molecule has 0 aliphatic heterocycles. The number of nitrogens with one attached hydrogen (secondary N) is 1. The van der Waals surface area contributed by atoms with Crippen molar-refractivity contribution in [3.63, 3.8) is 0 Å². The van der Waals surface area contributed by atoms with E-state index in [1.807, 2.05) is 7.05 Å². The Hall–Kier alpha value is -0.780. The van der Waals surface area contributed by atoms with Gasteiger partial charge in [0.15, 0.2) is 0 Å². The van der Waals surface area contributed by atoms with Gasteiger partial charge in [0, 0.05) is 16.9 Å². The van der Waals surface area contributed by atoms with E-state index in [1.165, 1.54) is 5.56 Å². The van der Waals surface area contributed by atoms with Gasteiger partial charge < -0.3 is 5.32 Å². The number of hydrogen-bond acceptors (Lipinski definition) is 1. The van der Waals surface area contributed by atoms with Crippen LogP contribution in [0.25, 0.3) is 0 Å². The summed E-state index contributed by atoms with van der Waals surface area (Å²) in [6.45, 7) is 0. The predicted octanol–water partition coefficient (Wildman–Crippen LogP) is 3.12. The molecule has 0 saturated carbocycles. The Morgan fingerprint density at radius 3 is 2.57 bits per heavy atom. The highest BCUT2D eigenvalue weighted by molar-refractivity contribution is 9.10. The molecular formula is C12H14BrN. The first-order valence-electron chi connectivity index (χ1n) is 4.64. The van der Waals surface area contributed by atoms with E-state index in [0.717, 1.165) is 17.3 Å². The Morgan fingerprint density at radius 1 is 1.43 bits per heavy atom. The van der Waals surface area contributed by atoms with E-state index in [4.69, 9.17) is 6.42 Å². The van der Waals surface area contributed by atoms with Crippen molar-refractivity contribution in [3.8, 4) is 12.3 Å². The summed E-state index contributed by atoms with van der Waals surface area (Å²) in [5.74, 6) is 2.66. The highest BCUT2D eigenvalue weighted by Crippen LogP contribution is 2.20. The van der Waals surface area contributed by atoms with Crippen molar-refractivity contribution in [1.29, 1.82) is 0 Å². The van der Waals surface area contributed by atoms with E-state index in [-0.39, 0.29) is 0 Å². The first kappa shape index (κ1) is 11.3. The van der Waals surface area contributed by atoms with E-state index in [9.17, 15) is 0 Å². The molecule has 1 nitrogen and oxygen atoms in total. The lowest BCUT2D eigenvalue weighted by molar-refractivity contribution is 0.558. The molecule has 1 aromatic carbocycles. The van der Waals surface area contributed by atoms with Crippen molar-refractivity contribution in [2.75, 3.05) is 7.05 Å². The van der Waals surface area contributed by atoms with Gasteiger partial charge in [0.05, 0.1) is 0 Å². The van der Waals surface area contributed by atoms with E-state index < -0.39 is 0 Å². The molecule has 0 aliphatic rings. The summed E-state index contributed by atoms with van der Waals surface area (Å²) < 4.78 is 1.10. The van der Waals surface area contributed by atoms with Crippen LogP contribution in [0.5, 0.6) is 0 Å². The van der Waals surface area contributed by atoms with Gasteiger partial charge in [-0.05, 0) is 31.2 Å². The lowest BCUT2D eigenvalue weighted by Crippen LogP contribution is -2.15. The number of terminal acetylenes is 1. The number of benzene rings is 1. The van der Waals surface area contributed by atoms with Crippen molar-refractivity contribution < 1.29 is 0 Å². The Bertz CT molecular complexity index is 310. The minimum atomic E-state index is 0.360. The number of halogens is 1. The first-order valence-corrected chi connectivity index (χ1v) is 5.43. The molecule has 2 heteroatoms. The van der Waals surface area contributed by atoms with E-state index in [1.54, 1.807) is 0 Å². The maximum Gasteiger partial charge on any atom is 0.0326 e. The summed E-state index contributed by atoms with van der Waals surface area (Å²) in [6.07, 6.45) is 7.04. The summed E-state index contributed by atoms with van der Waals surface area (Å²) in [5, 5.41) is 3.26. The van der Waals surface area contributed by atoms with Gasteiger partial charge in [0.25, 0.3) is 0 Å². The van der Waals surface area contributed by atoms with Gasteiger partial charge in [-0.25, -0.2) is 0 Å². The van der Waals surface area contributed by atoms with E-state index in [0.29, 0.717) is 6.04 Å². The van der Waals surface area contributed by atoms with E-state index in [2.05, 4.69) is 51.4 Å². The molecular weight excluding hydrogens is 238 g/mol. The van der Waals surface area contributed by atoms with Gasteiger partial charge in [0.2, 0.25) is 0 Å². The zero-order chi connectivity index (χ0) is 10.4. The summed E-state index contributed by atoms with van der Waals surface area (Å²) in [5.41, 5.74) is 1.28. The highest BCUT2D eigenvalue weighted by Gasteiger charge is 2.07. The molecule has 0 heterocycles. The molecule has 74 valence electrons. The van der Waals surface area contributed by atoms with Crippen LogP contribution in [0.1, 0.15) is 24.4 Å². The van der Waals surface area contributed by atoms with Gasteiger partial charge in [-0.3, -0.25) is 0 Å². The summed E-state index contributed by atoms with van der Waals surface area (Å²) in [6, 6.07) is 8.69. The Kier molecular flexibility index (Phi) is 4.72. The smallest absolute Gasteiger partial charge is 0.0326 e. The van der Waals surface area contributed by atoms with Crippen LogP contribution in [0.15, 0.2) is 28.7 Å². The third-order valence-electron chi connectivity index (χ3n) is 2.20. The molecule has 1 rings (SSSR count). The fraction of sp³-hybridized carbons (Fsp3) is 0.333. The lowest BCUT2D eigenvalue weighted by Gasteiger charge is -2.15. The van der Waals surface area contributed by atoms with Crippen molar-refractivity contribution in [1.82, 2.24) is 5.32 Å². The second-order valence-electron chi connectivity index (χ2n) is 3.14. The van der Waals surface area contributed by atoms with Crippen LogP contribution in [-0.4, -0.2) is 7.05 Å². The second-order valence-corrected chi connectivity index (χ2v) is 4.05. The Morgan fingerprint density at radius 2 is 2.07 bits per heavy atom. The number of hydrogen-bond donors (Lipinski definition) is 1. The monoisotopic (exact) mass is 251 g/mol. The fourth-order valence-corrected chi connectivity index (χ4v) is 1.66. The average Bonchev–Trinajstić information content (AvgIpc) is 2.21. The SMILES string of the molecule is C#CCCC(NC)c1ccc(Br)cc1. The topological polar surface area (TPSA) is 12.0 Å². The quantitative estimate of drug-likeness (QED) is 0.812. The molecule has 0 spiro atoms. The summed E-state index contributed by atoms with van der Waals surface area (Å²) in [7, 11) is 1.96. The molecule has 0 fully saturated rings. The molecule has 1 aromatic rings. The minimum Gasteiger partial charge on any atom is -0.313 e. The maximum atomic E-state index is 5.25. The molecule has 1 atom stereocenters. The average molecular weight is 252 g/mol. The lowest BCUT2D eigenvalue weighted by atomic mass is 10.0. The Labute approximate surface area is 94.0 Å². The van der Waals surface area contributed by atoms with E-state index >= 15 is 0 Å². The molecule has 0 saturated heterocycles. The summed E-state index contributed by atoms with van der Waals surface area (Å²) >= 11 is 3.42. The number of rotatable bonds is 4. The van der Waals surface area contributed by atoms with Crippen molar-refractivity contribution >= 4 is 15.9 Å². The first-order chi connectivity index (χ1) is 6.77. The fourth-order valence-electron chi connectivity index (χ4n) is 1.40. The maximum absolute atomic E-state index is 5.25. The van der Waals surface area contributed by atoms with Gasteiger partial charge >= 0.3 is 0 Å². The Balaban J connectivity index is 2.69. The largest absolute Gasteiger partial charge is 0.313 e. The van der Waals surface area contributed by atoms with Crippen LogP contribution in [-0.2, 0) is 0 Å². The highest BCUT2D eigenvalue weighted by atomic mass is 79.9. The van der Waals surface area contributed by atoms with Gasteiger partial charge in [-0.2, -0.15) is 0 Å². The molecule has 0 radical (unpaired) electrons. The van der Waals surface area contributed by atoms with Crippen molar-refractivity contribution in [2.45, 2.75) is 18.9 Å². The van der Waals surface area contributed by atoms with Crippen molar-refractivity contribution in [2.24, 2.45) is 0 Å². The minimum absolute atomic E-state index is 0.360. The van der Waals surface area contributed by atoms with Crippen LogP contribution in [0, 0.1) is 12.3 Å². The molecule has 0 aromatic heterocycles. The second kappa shape index (κ2) is 5.85. The third-order valence-corrected chi connectivity index (χ3v) is 2.73. The van der Waals surface area contributed by atoms with Gasteiger partial charge in [-0.15, -0.1) is 12.3 Å². The zero-order valence-electron chi connectivity index (χ0n) is 8.26. The standard InChI is InChI=1S/C12H14BrN/c1-3-4-5-12(14-2)10-6-8-11(13)9-7-10/h1,6-9,12,14H,4-5H2,2H3. The normalized spacial score (nSPS) is 12.1. The van der Waals surface area contributed by atoms with Crippen LogP contribution < -0.4 is 5.32 Å². The summed E-state index contributed by atoms with van der Waals surface area (Å²) in [4.78, 5) is 0. The van der Waals surface area contributed by atoms with Crippen molar-refractivity contribution in [3.05, 3.63) is 34.3 Å². The van der Waals surface area contributed by atoms with Crippen LogP contribution in [0.4, 0.5) is 0 Å². The predicted molar refractivity (Wildman–Crippen MR) is 64.0 cm³/mol. The molecule has 0 aliphatic carbocycles. The zero-order valence-corrected chi connectivity index (χ0v) is 9.84. The van der Waals surface area contributed by atoms with Gasteiger partial charge in [0.1, 0.15) is 0 Å². The van der Waals surface area contributed by atoms with Crippen LogP contribution in [0.2, 0.25) is 0 Å². The van der Waals surface area contributed by atoms with Gasteiger partial charge in [-0.1, -0.05) is 28.1 Å². The molecule has 0 bridgehead atoms. The van der Waals surface area contributed by atoms with Crippen LogP contribution >= 0.6 is 15.9 Å².